The van der Waals surface area contributed by atoms with Crippen LogP contribution >= 0.6 is 0 Å². The highest BCUT2D eigenvalue weighted by Gasteiger charge is 2.17. The summed E-state index contributed by atoms with van der Waals surface area (Å²) in [5, 5.41) is 9.56. The molecule has 1 saturated heterocycles. The number of benzene rings is 1. The molecule has 1 atom stereocenters. The minimum atomic E-state index is -0.121. The summed E-state index contributed by atoms with van der Waals surface area (Å²) in [7, 11) is 0. The zero-order valence-electron chi connectivity index (χ0n) is 9.32. The lowest BCUT2D eigenvalue weighted by Gasteiger charge is -2.29. The molecule has 15 heavy (non-hydrogen) atoms. The van der Waals surface area contributed by atoms with Gasteiger partial charge in [0.15, 0.2) is 0 Å². The van der Waals surface area contributed by atoms with Crippen LogP contribution < -0.4 is 0 Å². The van der Waals surface area contributed by atoms with Gasteiger partial charge in [0.05, 0.1) is 6.10 Å². The highest BCUT2D eigenvalue weighted by atomic mass is 16.3. The Morgan fingerprint density at radius 3 is 2.73 bits per heavy atom. The molecular weight excluding hydrogens is 186 g/mol. The van der Waals surface area contributed by atoms with Crippen LogP contribution in [0.1, 0.15) is 24.0 Å². The maximum Gasteiger partial charge on any atom is 0.0667 e. The molecule has 0 aliphatic carbocycles. The molecule has 2 heteroatoms. The Morgan fingerprint density at radius 1 is 1.33 bits per heavy atom. The van der Waals surface area contributed by atoms with Gasteiger partial charge in [-0.05, 0) is 31.9 Å². The van der Waals surface area contributed by atoms with E-state index < -0.39 is 0 Å². The molecule has 0 amide bonds. The first kappa shape index (κ1) is 10.7. The smallest absolute Gasteiger partial charge is 0.0667 e. The molecule has 0 aromatic heterocycles. The number of aliphatic hydroxyl groups excluding tert-OH is 1. The van der Waals surface area contributed by atoms with Crippen molar-refractivity contribution in [3.05, 3.63) is 35.4 Å². The summed E-state index contributed by atoms with van der Waals surface area (Å²) in [4.78, 5) is 2.33. The van der Waals surface area contributed by atoms with Crippen molar-refractivity contribution in [1.82, 2.24) is 4.90 Å². The minimum Gasteiger partial charge on any atom is -0.392 e. The van der Waals surface area contributed by atoms with Crippen LogP contribution in [0.2, 0.25) is 0 Å². The lowest BCUT2D eigenvalue weighted by molar-refractivity contribution is 0.0668. The molecule has 1 heterocycles. The monoisotopic (exact) mass is 205 g/mol. The quantitative estimate of drug-likeness (QED) is 0.797. The molecule has 0 saturated carbocycles. The summed E-state index contributed by atoms with van der Waals surface area (Å²) < 4.78 is 0. The fourth-order valence-electron chi connectivity index (χ4n) is 2.13. The molecule has 1 fully saturated rings. The van der Waals surface area contributed by atoms with Crippen molar-refractivity contribution in [2.24, 2.45) is 0 Å². The molecule has 0 spiro atoms. The van der Waals surface area contributed by atoms with Gasteiger partial charge in [-0.15, -0.1) is 0 Å². The van der Waals surface area contributed by atoms with Crippen LogP contribution in [-0.4, -0.2) is 29.2 Å². The number of nitrogens with zero attached hydrogens (tertiary/aromatic N) is 1. The predicted octanol–water partition coefficient (Wildman–Crippen LogP) is 1.95. The molecule has 1 aliphatic rings. The van der Waals surface area contributed by atoms with Gasteiger partial charge in [-0.2, -0.15) is 0 Å². The molecule has 0 radical (unpaired) electrons. The van der Waals surface area contributed by atoms with E-state index in [0.29, 0.717) is 0 Å². The van der Waals surface area contributed by atoms with Crippen molar-refractivity contribution in [2.45, 2.75) is 32.4 Å². The Bertz CT molecular complexity index is 307. The number of piperidine rings is 1. The van der Waals surface area contributed by atoms with Crippen molar-refractivity contribution in [2.75, 3.05) is 13.1 Å². The van der Waals surface area contributed by atoms with Crippen molar-refractivity contribution < 1.29 is 5.11 Å². The zero-order valence-corrected chi connectivity index (χ0v) is 9.32. The van der Waals surface area contributed by atoms with Gasteiger partial charge >= 0.3 is 0 Å². The summed E-state index contributed by atoms with van der Waals surface area (Å²) in [6, 6.07) is 8.65. The van der Waals surface area contributed by atoms with Gasteiger partial charge in [-0.1, -0.05) is 29.8 Å². The van der Waals surface area contributed by atoms with Gasteiger partial charge in [-0.3, -0.25) is 4.90 Å². The first-order chi connectivity index (χ1) is 7.24. The van der Waals surface area contributed by atoms with Crippen LogP contribution in [-0.2, 0) is 6.54 Å². The van der Waals surface area contributed by atoms with E-state index >= 15 is 0 Å². The van der Waals surface area contributed by atoms with E-state index in [0.717, 1.165) is 32.5 Å². The second-order valence-electron chi connectivity index (χ2n) is 4.52. The lowest BCUT2D eigenvalue weighted by atomic mass is 10.1. The third-order valence-corrected chi connectivity index (χ3v) is 3.01. The largest absolute Gasteiger partial charge is 0.392 e. The van der Waals surface area contributed by atoms with E-state index in [9.17, 15) is 5.11 Å². The third-order valence-electron chi connectivity index (χ3n) is 3.01. The lowest BCUT2D eigenvalue weighted by Crippen LogP contribution is -2.37. The summed E-state index contributed by atoms with van der Waals surface area (Å²) in [5.74, 6) is 0. The third kappa shape index (κ3) is 3.05. The number of rotatable bonds is 2. The average molecular weight is 205 g/mol. The second-order valence-corrected chi connectivity index (χ2v) is 4.52. The van der Waals surface area contributed by atoms with Crippen LogP contribution in [0.4, 0.5) is 0 Å². The Kier molecular flexibility index (Phi) is 3.39. The van der Waals surface area contributed by atoms with Crippen molar-refractivity contribution >= 4 is 0 Å². The van der Waals surface area contributed by atoms with Gasteiger partial charge in [0, 0.05) is 13.1 Å². The Balaban J connectivity index is 1.93. The SMILES string of the molecule is Cc1ccc(CN2CCC[C@H](O)C2)cc1. The van der Waals surface area contributed by atoms with E-state index in [1.807, 2.05) is 0 Å². The number of hydrogen-bond acceptors (Lipinski definition) is 2. The van der Waals surface area contributed by atoms with E-state index in [2.05, 4.69) is 36.1 Å². The van der Waals surface area contributed by atoms with Crippen LogP contribution in [0.5, 0.6) is 0 Å². The van der Waals surface area contributed by atoms with Crippen molar-refractivity contribution in [3.8, 4) is 0 Å². The van der Waals surface area contributed by atoms with Crippen LogP contribution in [0.25, 0.3) is 0 Å². The van der Waals surface area contributed by atoms with Crippen LogP contribution in [0.3, 0.4) is 0 Å². The fourth-order valence-corrected chi connectivity index (χ4v) is 2.13. The number of β-amino-alcohol motifs (C(OH)–C–C–N with tert-alkyl or cyclic N) is 1. The topological polar surface area (TPSA) is 23.5 Å². The Morgan fingerprint density at radius 2 is 2.07 bits per heavy atom. The summed E-state index contributed by atoms with van der Waals surface area (Å²) in [5.41, 5.74) is 2.65. The minimum absolute atomic E-state index is 0.121. The van der Waals surface area contributed by atoms with E-state index in [-0.39, 0.29) is 6.10 Å². The summed E-state index contributed by atoms with van der Waals surface area (Å²) in [6.45, 7) is 5.02. The first-order valence-corrected chi connectivity index (χ1v) is 5.70. The Hall–Kier alpha value is -0.860. The molecule has 82 valence electrons. The molecule has 1 N–H and O–H groups in total. The zero-order chi connectivity index (χ0) is 10.7. The van der Waals surface area contributed by atoms with Crippen LogP contribution in [0, 0.1) is 6.92 Å². The molecule has 1 aromatic rings. The molecule has 2 rings (SSSR count). The maximum atomic E-state index is 9.56. The molecule has 0 bridgehead atoms. The fraction of sp³-hybridized carbons (Fsp3) is 0.538. The summed E-state index contributed by atoms with van der Waals surface area (Å²) >= 11 is 0. The second kappa shape index (κ2) is 4.77. The van der Waals surface area contributed by atoms with Gasteiger partial charge < -0.3 is 5.11 Å². The normalized spacial score (nSPS) is 22.9. The number of likely N-dealkylation sites (tertiary alicyclic amines) is 1. The number of aliphatic hydroxyl groups is 1. The molecule has 1 aliphatic heterocycles. The molecular formula is C13H19NO. The van der Waals surface area contributed by atoms with Gasteiger partial charge in [0.2, 0.25) is 0 Å². The number of hydrogen-bond donors (Lipinski definition) is 1. The van der Waals surface area contributed by atoms with Crippen molar-refractivity contribution in [1.29, 1.82) is 0 Å². The van der Waals surface area contributed by atoms with Gasteiger partial charge in [0.1, 0.15) is 0 Å². The van der Waals surface area contributed by atoms with Crippen LogP contribution in [0.15, 0.2) is 24.3 Å². The average Bonchev–Trinajstić information content (AvgIpc) is 2.22. The van der Waals surface area contributed by atoms with E-state index in [1.54, 1.807) is 0 Å². The predicted molar refractivity (Wildman–Crippen MR) is 61.7 cm³/mol. The maximum absolute atomic E-state index is 9.56. The van der Waals surface area contributed by atoms with Crippen molar-refractivity contribution in [3.63, 3.8) is 0 Å². The molecule has 2 nitrogen and oxygen atoms in total. The van der Waals surface area contributed by atoms with E-state index in [1.165, 1.54) is 11.1 Å². The number of aryl methyl sites for hydroxylation is 1. The Labute approximate surface area is 91.5 Å². The first-order valence-electron chi connectivity index (χ1n) is 5.70. The molecule has 0 unspecified atom stereocenters. The standard InChI is InChI=1S/C13H19NO/c1-11-4-6-12(7-5-11)9-14-8-2-3-13(15)10-14/h4-7,13,15H,2-3,8-10H2,1H3/t13-/m0/s1. The van der Waals surface area contributed by atoms with Gasteiger partial charge in [0.25, 0.3) is 0 Å². The van der Waals surface area contributed by atoms with Gasteiger partial charge in [-0.25, -0.2) is 0 Å². The highest BCUT2D eigenvalue weighted by molar-refractivity contribution is 5.21. The van der Waals surface area contributed by atoms with E-state index in [4.69, 9.17) is 0 Å². The highest BCUT2D eigenvalue weighted by Crippen LogP contribution is 2.13. The summed E-state index contributed by atoms with van der Waals surface area (Å²) in [6.07, 6.45) is 1.96. The molecule has 1 aromatic carbocycles.